The van der Waals surface area contributed by atoms with Crippen LogP contribution in [0.1, 0.15) is 50.2 Å². The Morgan fingerprint density at radius 3 is 2.47 bits per heavy atom. The second-order valence-electron chi connectivity index (χ2n) is 8.07. The van der Waals surface area contributed by atoms with E-state index in [0.717, 1.165) is 35.3 Å². The van der Waals surface area contributed by atoms with Gasteiger partial charge < -0.3 is 15.0 Å². The molecular weight excluding hydrogens is 386 g/mol. The van der Waals surface area contributed by atoms with Crippen molar-refractivity contribution < 1.29 is 23.9 Å². The summed E-state index contributed by atoms with van der Waals surface area (Å²) in [6.45, 7) is 4.04. The van der Waals surface area contributed by atoms with Crippen LogP contribution in [0, 0.1) is 6.92 Å². The number of benzene rings is 1. The Hall–Kier alpha value is -2.90. The first kappa shape index (κ1) is 21.8. The molecule has 2 aliphatic rings. The van der Waals surface area contributed by atoms with Crippen molar-refractivity contribution in [2.45, 2.75) is 58.0 Å². The standard InChI is InChI=1S/C22H29N3O5/c1-3-12-24(13-17-8-6-16(2)7-9-17)18(26)15-30-19(27)14-25-20(28)22(23-21(25)29)10-4-5-11-22/h6-9H,3-5,10-15H2,1-2H3,(H,23,29). The molecule has 1 aliphatic heterocycles. The number of amides is 4. The van der Waals surface area contributed by atoms with E-state index in [1.54, 1.807) is 4.90 Å². The van der Waals surface area contributed by atoms with Gasteiger partial charge in [0.25, 0.3) is 11.8 Å². The topological polar surface area (TPSA) is 96.0 Å². The summed E-state index contributed by atoms with van der Waals surface area (Å²) < 4.78 is 5.09. The van der Waals surface area contributed by atoms with Gasteiger partial charge in [0.05, 0.1) is 0 Å². The third kappa shape index (κ3) is 4.80. The van der Waals surface area contributed by atoms with E-state index in [1.165, 1.54) is 0 Å². The van der Waals surface area contributed by atoms with E-state index in [9.17, 15) is 19.2 Å². The van der Waals surface area contributed by atoms with E-state index in [-0.39, 0.29) is 11.8 Å². The third-order valence-corrected chi connectivity index (χ3v) is 5.69. The molecule has 162 valence electrons. The number of aryl methyl sites for hydroxylation is 1. The van der Waals surface area contributed by atoms with Gasteiger partial charge in [0.1, 0.15) is 12.1 Å². The first-order valence-electron chi connectivity index (χ1n) is 10.5. The number of carbonyl (C=O) groups excluding carboxylic acids is 4. The molecule has 0 radical (unpaired) electrons. The monoisotopic (exact) mass is 415 g/mol. The molecule has 8 heteroatoms. The SMILES string of the molecule is CCCN(Cc1ccc(C)cc1)C(=O)COC(=O)CN1C(=O)NC2(CCCC2)C1=O. The molecule has 3 rings (SSSR count). The van der Waals surface area contributed by atoms with Crippen LogP contribution in [0.25, 0.3) is 0 Å². The van der Waals surface area contributed by atoms with Gasteiger partial charge in [-0.1, -0.05) is 49.6 Å². The molecule has 8 nitrogen and oxygen atoms in total. The van der Waals surface area contributed by atoms with E-state index in [2.05, 4.69) is 5.32 Å². The van der Waals surface area contributed by atoms with Gasteiger partial charge in [-0.3, -0.25) is 19.3 Å². The molecule has 1 heterocycles. The summed E-state index contributed by atoms with van der Waals surface area (Å²) in [5, 5.41) is 2.72. The zero-order chi connectivity index (χ0) is 21.7. The number of carbonyl (C=O) groups is 4. The van der Waals surface area contributed by atoms with Crippen LogP contribution in [0.4, 0.5) is 4.79 Å². The maximum atomic E-state index is 12.6. The van der Waals surface area contributed by atoms with Crippen LogP contribution in [0.2, 0.25) is 0 Å². The minimum atomic E-state index is -0.862. The highest BCUT2D eigenvalue weighted by Gasteiger charge is 2.52. The molecule has 1 aromatic rings. The smallest absolute Gasteiger partial charge is 0.326 e. The highest BCUT2D eigenvalue weighted by Crippen LogP contribution is 2.34. The zero-order valence-corrected chi connectivity index (χ0v) is 17.6. The molecule has 2 fully saturated rings. The van der Waals surface area contributed by atoms with Crippen LogP contribution < -0.4 is 5.32 Å². The van der Waals surface area contributed by atoms with Crippen molar-refractivity contribution in [1.29, 1.82) is 0 Å². The average molecular weight is 415 g/mol. The van der Waals surface area contributed by atoms with Gasteiger partial charge in [0, 0.05) is 13.1 Å². The molecule has 0 unspecified atom stereocenters. The van der Waals surface area contributed by atoms with Crippen molar-refractivity contribution >= 4 is 23.8 Å². The van der Waals surface area contributed by atoms with Crippen molar-refractivity contribution in [2.24, 2.45) is 0 Å². The number of rotatable bonds is 8. The summed E-state index contributed by atoms with van der Waals surface area (Å²) in [7, 11) is 0. The second kappa shape index (κ2) is 9.28. The molecule has 1 saturated carbocycles. The molecular formula is C22H29N3O5. The number of nitrogens with zero attached hydrogens (tertiary/aromatic N) is 2. The number of urea groups is 1. The second-order valence-corrected chi connectivity index (χ2v) is 8.07. The van der Waals surface area contributed by atoms with Gasteiger partial charge in [-0.15, -0.1) is 0 Å². The van der Waals surface area contributed by atoms with Crippen LogP contribution >= 0.6 is 0 Å². The summed E-state index contributed by atoms with van der Waals surface area (Å²) in [6, 6.07) is 7.33. The van der Waals surface area contributed by atoms with Crippen LogP contribution in [-0.4, -0.2) is 58.8 Å². The van der Waals surface area contributed by atoms with Gasteiger partial charge >= 0.3 is 12.0 Å². The van der Waals surface area contributed by atoms with Gasteiger partial charge in [0.15, 0.2) is 6.61 Å². The number of hydrogen-bond donors (Lipinski definition) is 1. The molecule has 1 spiro atoms. The Labute approximate surface area is 176 Å². The van der Waals surface area contributed by atoms with E-state index in [1.807, 2.05) is 38.1 Å². The summed E-state index contributed by atoms with van der Waals surface area (Å²) in [5.74, 6) is -1.45. The lowest BCUT2D eigenvalue weighted by molar-refractivity contribution is -0.154. The molecule has 1 aliphatic carbocycles. The van der Waals surface area contributed by atoms with Crippen molar-refractivity contribution in [1.82, 2.24) is 15.1 Å². The van der Waals surface area contributed by atoms with Crippen molar-refractivity contribution in [3.05, 3.63) is 35.4 Å². The van der Waals surface area contributed by atoms with E-state index in [0.29, 0.717) is 25.9 Å². The summed E-state index contributed by atoms with van der Waals surface area (Å²) in [6.07, 6.45) is 3.69. The Morgan fingerprint density at radius 2 is 1.83 bits per heavy atom. The predicted molar refractivity (Wildman–Crippen MR) is 109 cm³/mol. The Balaban J connectivity index is 1.52. The lowest BCUT2D eigenvalue weighted by Gasteiger charge is -2.22. The zero-order valence-electron chi connectivity index (χ0n) is 17.6. The number of imide groups is 1. The molecule has 0 bridgehead atoms. The maximum absolute atomic E-state index is 12.6. The molecule has 0 aromatic heterocycles. The normalized spacial score (nSPS) is 17.3. The third-order valence-electron chi connectivity index (χ3n) is 5.69. The van der Waals surface area contributed by atoms with Crippen LogP contribution in [0.3, 0.4) is 0 Å². The molecule has 0 atom stereocenters. The Kier molecular flexibility index (Phi) is 6.74. The lowest BCUT2D eigenvalue weighted by Crippen LogP contribution is -2.44. The highest BCUT2D eigenvalue weighted by atomic mass is 16.5. The molecule has 30 heavy (non-hydrogen) atoms. The number of esters is 1. The fourth-order valence-corrected chi connectivity index (χ4v) is 4.02. The van der Waals surface area contributed by atoms with E-state index >= 15 is 0 Å². The number of hydrogen-bond acceptors (Lipinski definition) is 5. The fraction of sp³-hybridized carbons (Fsp3) is 0.545. The molecule has 4 amide bonds. The maximum Gasteiger partial charge on any atom is 0.326 e. The number of ether oxygens (including phenoxy) is 1. The fourth-order valence-electron chi connectivity index (χ4n) is 4.02. The Morgan fingerprint density at radius 1 is 1.17 bits per heavy atom. The summed E-state index contributed by atoms with van der Waals surface area (Å²) in [5.41, 5.74) is 1.27. The predicted octanol–water partition coefficient (Wildman–Crippen LogP) is 2.14. The highest BCUT2D eigenvalue weighted by molar-refractivity contribution is 6.08. The van der Waals surface area contributed by atoms with Gasteiger partial charge in [-0.25, -0.2) is 4.79 Å². The van der Waals surface area contributed by atoms with Crippen molar-refractivity contribution in [2.75, 3.05) is 19.7 Å². The van der Waals surface area contributed by atoms with Gasteiger partial charge in [-0.05, 0) is 31.7 Å². The van der Waals surface area contributed by atoms with Crippen LogP contribution in [-0.2, 0) is 25.7 Å². The largest absolute Gasteiger partial charge is 0.454 e. The van der Waals surface area contributed by atoms with Crippen molar-refractivity contribution in [3.8, 4) is 0 Å². The van der Waals surface area contributed by atoms with Gasteiger partial charge in [-0.2, -0.15) is 0 Å². The van der Waals surface area contributed by atoms with Gasteiger partial charge in [0.2, 0.25) is 0 Å². The number of nitrogens with one attached hydrogen (secondary N) is 1. The summed E-state index contributed by atoms with van der Waals surface area (Å²) in [4.78, 5) is 52.1. The minimum absolute atomic E-state index is 0.310. The first-order valence-corrected chi connectivity index (χ1v) is 10.5. The summed E-state index contributed by atoms with van der Waals surface area (Å²) >= 11 is 0. The molecule has 1 saturated heterocycles. The van der Waals surface area contributed by atoms with E-state index in [4.69, 9.17) is 4.74 Å². The minimum Gasteiger partial charge on any atom is -0.454 e. The molecule has 1 N–H and O–H groups in total. The Bertz CT molecular complexity index is 815. The van der Waals surface area contributed by atoms with E-state index < -0.39 is 30.7 Å². The van der Waals surface area contributed by atoms with Crippen LogP contribution in [0.5, 0.6) is 0 Å². The van der Waals surface area contributed by atoms with Crippen molar-refractivity contribution in [3.63, 3.8) is 0 Å². The quantitative estimate of drug-likeness (QED) is 0.518. The average Bonchev–Trinajstić information content (AvgIpc) is 3.28. The first-order chi connectivity index (χ1) is 14.3. The lowest BCUT2D eigenvalue weighted by atomic mass is 9.98. The van der Waals surface area contributed by atoms with Crippen LogP contribution in [0.15, 0.2) is 24.3 Å². The molecule has 1 aromatic carbocycles.